The molecule has 6 saturated carbocycles. The van der Waals surface area contributed by atoms with Gasteiger partial charge < -0.3 is 10.6 Å². The fraction of sp³-hybridized carbons (Fsp3) is 0.833. The monoisotopic (exact) mass is 1090 g/mol. The van der Waals surface area contributed by atoms with Crippen molar-refractivity contribution in [2.75, 3.05) is 13.1 Å². The van der Waals surface area contributed by atoms with E-state index < -0.39 is 0 Å². The molecular weight excluding hydrogens is 977 g/mol. The van der Waals surface area contributed by atoms with Crippen LogP contribution in [0.3, 0.4) is 0 Å². The van der Waals surface area contributed by atoms with Crippen molar-refractivity contribution in [3.05, 3.63) is 70.8 Å². The minimum Gasteiger partial charge on any atom is -0.313 e. The standard InChI is InChI=1S/C72H114N8/c1-4-72(60-37-45(2)36-46(3)38-60)42-49-14-10-19-57(41-49)69-77-68-56-18-9-13-48(40-56)23-22-47-12-8-17-55(39-47)67-75-66(54-15-6-5-7-16-54)76-70(78-67)58-32-34-63(73-43-58)52-28-24-50(25-29-52)61-20-11-21-62(65(61)72)51-26-30-53(31-27-51)64-35-33-59(44-74-64)71(79-68)80-69/h5-7,15-16,36-38,47-53,55-59,61-71,73-80H,4,8-14,17-35,39-44H2,1-3H3. The van der Waals surface area contributed by atoms with Gasteiger partial charge in [0.05, 0.1) is 37.0 Å². The van der Waals surface area contributed by atoms with Crippen LogP contribution in [-0.2, 0) is 5.41 Å². The van der Waals surface area contributed by atoms with Crippen LogP contribution in [0.15, 0.2) is 48.5 Å². The molecule has 0 radical (unpaired) electrons. The summed E-state index contributed by atoms with van der Waals surface area (Å²) >= 11 is 0. The summed E-state index contributed by atoms with van der Waals surface area (Å²) in [4.78, 5) is 0. The molecule has 20 atom stereocenters. The van der Waals surface area contributed by atoms with Crippen LogP contribution in [0, 0.1) is 103 Å². The van der Waals surface area contributed by atoms with Crippen LogP contribution in [0.25, 0.3) is 0 Å². The Labute approximate surface area is 487 Å². The maximum Gasteiger partial charge on any atom is 0.0859 e. The zero-order valence-electron chi connectivity index (χ0n) is 50.7. The van der Waals surface area contributed by atoms with Gasteiger partial charge in [0.15, 0.2) is 0 Å². The molecule has 10 heterocycles. The van der Waals surface area contributed by atoms with Crippen molar-refractivity contribution in [2.24, 2.45) is 88.8 Å². The molecule has 8 heteroatoms. The van der Waals surface area contributed by atoms with Gasteiger partial charge >= 0.3 is 0 Å². The van der Waals surface area contributed by atoms with Crippen LogP contribution in [0.1, 0.15) is 234 Å². The Morgan fingerprint density at radius 2 is 0.825 bits per heavy atom. The number of fused-ring (bicyclic) bond motifs is 4. The molecule has 6 aliphatic carbocycles. The van der Waals surface area contributed by atoms with Gasteiger partial charge in [0, 0.05) is 31.1 Å². The van der Waals surface area contributed by atoms with Gasteiger partial charge in [-0.05, 0) is 254 Å². The number of benzene rings is 2. The van der Waals surface area contributed by atoms with Gasteiger partial charge in [-0.2, -0.15) is 0 Å². The van der Waals surface area contributed by atoms with Gasteiger partial charge in [0.2, 0.25) is 0 Å². The van der Waals surface area contributed by atoms with E-state index in [4.69, 9.17) is 0 Å². The average molecular weight is 1090 g/mol. The molecule has 0 amide bonds. The van der Waals surface area contributed by atoms with E-state index in [1.807, 2.05) is 0 Å². The van der Waals surface area contributed by atoms with Crippen LogP contribution in [0.5, 0.6) is 0 Å². The van der Waals surface area contributed by atoms with Crippen molar-refractivity contribution < 1.29 is 0 Å². The van der Waals surface area contributed by atoms with E-state index in [9.17, 15) is 0 Å². The van der Waals surface area contributed by atoms with Gasteiger partial charge in [-0.15, -0.1) is 0 Å². The summed E-state index contributed by atoms with van der Waals surface area (Å²) < 4.78 is 0. The number of hydrogen-bond donors (Lipinski definition) is 8. The molecular formula is C72H114N8. The summed E-state index contributed by atoms with van der Waals surface area (Å²) in [7, 11) is 0. The largest absolute Gasteiger partial charge is 0.313 e. The summed E-state index contributed by atoms with van der Waals surface area (Å²) in [6, 6.07) is 20.8. The van der Waals surface area contributed by atoms with Crippen molar-refractivity contribution in [3.63, 3.8) is 0 Å². The highest BCUT2D eigenvalue weighted by atomic mass is 15.4. The first-order valence-corrected chi connectivity index (χ1v) is 35.5. The zero-order chi connectivity index (χ0) is 53.7. The topological polar surface area (TPSA) is 96.2 Å². The van der Waals surface area contributed by atoms with E-state index in [0.717, 1.165) is 71.6 Å². The minimum absolute atomic E-state index is 0.193. The first kappa shape index (κ1) is 56.0. The Morgan fingerprint density at radius 1 is 0.400 bits per heavy atom. The van der Waals surface area contributed by atoms with Gasteiger partial charge in [0.25, 0.3) is 0 Å². The summed E-state index contributed by atoms with van der Waals surface area (Å²) in [6.07, 6.45) is 46.2. The van der Waals surface area contributed by atoms with Crippen molar-refractivity contribution in [1.82, 2.24) is 42.5 Å². The number of aryl methyl sites for hydroxylation is 2. The van der Waals surface area contributed by atoms with Crippen molar-refractivity contribution in [1.29, 1.82) is 0 Å². The zero-order valence-corrected chi connectivity index (χ0v) is 50.7. The molecule has 20 bridgehead atoms. The summed E-state index contributed by atoms with van der Waals surface area (Å²) in [5, 5.41) is 34.9. The normalized spacial score (nSPS) is 47.4. The maximum atomic E-state index is 4.54. The lowest BCUT2D eigenvalue weighted by Gasteiger charge is -2.58. The van der Waals surface area contributed by atoms with Crippen LogP contribution in [0.2, 0.25) is 0 Å². The van der Waals surface area contributed by atoms with E-state index in [0.29, 0.717) is 66.6 Å². The molecule has 8 nitrogen and oxygen atoms in total. The Balaban J connectivity index is 0.815. The molecule has 0 spiro atoms. The fourth-order valence-electron chi connectivity index (χ4n) is 22.8. The second-order valence-corrected chi connectivity index (χ2v) is 31.1. The molecule has 20 unspecified atom stereocenters. The minimum atomic E-state index is 0.193. The molecule has 10 aliphatic heterocycles. The molecule has 442 valence electrons. The maximum absolute atomic E-state index is 4.54. The third-order valence-electron chi connectivity index (χ3n) is 26.8. The number of nitrogens with one attached hydrogen (secondary N) is 8. The van der Waals surface area contributed by atoms with E-state index in [1.165, 1.54) is 222 Å². The van der Waals surface area contributed by atoms with Gasteiger partial charge in [-0.3, -0.25) is 31.9 Å². The lowest BCUT2D eigenvalue weighted by Crippen LogP contribution is -2.73. The third-order valence-corrected chi connectivity index (χ3v) is 26.8. The summed E-state index contributed by atoms with van der Waals surface area (Å²) in [5.74, 6) is 11.9. The van der Waals surface area contributed by atoms with Crippen LogP contribution in [-0.4, -0.2) is 56.0 Å². The Morgan fingerprint density at radius 3 is 1.31 bits per heavy atom. The van der Waals surface area contributed by atoms with E-state index in [2.05, 4.69) is 112 Å². The molecule has 80 heavy (non-hydrogen) atoms. The van der Waals surface area contributed by atoms with Gasteiger partial charge in [0.1, 0.15) is 0 Å². The van der Waals surface area contributed by atoms with Crippen LogP contribution >= 0.6 is 0 Å². The van der Waals surface area contributed by atoms with E-state index in [1.54, 1.807) is 5.56 Å². The van der Waals surface area contributed by atoms with Gasteiger partial charge in [-0.25, -0.2) is 0 Å². The predicted octanol–water partition coefficient (Wildman–Crippen LogP) is 13.8. The lowest BCUT2D eigenvalue weighted by atomic mass is 9.47. The highest BCUT2D eigenvalue weighted by Gasteiger charge is 2.55. The smallest absolute Gasteiger partial charge is 0.0859 e. The SMILES string of the molecule is CCC1(c2cc(C)cc(C)c2)CC2CCCC(C2)C2NC3NC(N2)C2CCCC(CCC4CCCC(C4)C4NC(c5ccccc5)NC(N4)C4CCC(NC4)C4CCC(CC4)C4CCCC(C5CCC(CC5)C5CCC3CN5)C41)C2. The molecule has 2 aromatic carbocycles. The van der Waals surface area contributed by atoms with Crippen LogP contribution < -0.4 is 42.5 Å². The van der Waals surface area contributed by atoms with Crippen molar-refractivity contribution in [2.45, 2.75) is 274 Å². The number of rotatable bonds is 3. The highest BCUT2D eigenvalue weighted by Crippen LogP contribution is 2.60. The molecule has 16 aliphatic rings. The molecule has 0 aromatic heterocycles. The summed E-state index contributed by atoms with van der Waals surface area (Å²) in [6.45, 7) is 9.92. The molecule has 18 rings (SSSR count). The fourth-order valence-corrected chi connectivity index (χ4v) is 22.8. The Kier molecular flexibility index (Phi) is 17.4. The van der Waals surface area contributed by atoms with Gasteiger partial charge in [-0.1, -0.05) is 124 Å². The highest BCUT2D eigenvalue weighted by molar-refractivity contribution is 5.36. The van der Waals surface area contributed by atoms with E-state index >= 15 is 0 Å². The quantitative estimate of drug-likeness (QED) is 0.154. The average Bonchev–Trinajstić information content (AvgIpc) is 3.61. The predicted molar refractivity (Wildman–Crippen MR) is 329 cm³/mol. The molecule has 16 fully saturated rings. The molecule has 2 aromatic rings. The first-order chi connectivity index (χ1) is 39.3. The second kappa shape index (κ2) is 24.8. The first-order valence-electron chi connectivity index (χ1n) is 35.5. The van der Waals surface area contributed by atoms with E-state index in [-0.39, 0.29) is 11.6 Å². The molecule has 10 saturated heterocycles. The van der Waals surface area contributed by atoms with Crippen molar-refractivity contribution in [3.8, 4) is 0 Å². The number of piperidine rings is 2. The molecule has 8 N–H and O–H groups in total. The third kappa shape index (κ3) is 11.8. The van der Waals surface area contributed by atoms with Crippen molar-refractivity contribution >= 4 is 0 Å². The van der Waals surface area contributed by atoms with Crippen LogP contribution in [0.4, 0.5) is 0 Å². The second-order valence-electron chi connectivity index (χ2n) is 31.1. The summed E-state index contributed by atoms with van der Waals surface area (Å²) in [5.41, 5.74) is 6.40. The Bertz CT molecular complexity index is 2270. The Hall–Kier alpha value is -1.88. The number of hydrogen-bond acceptors (Lipinski definition) is 8. The lowest BCUT2D eigenvalue weighted by molar-refractivity contribution is -0.0392.